The summed E-state index contributed by atoms with van der Waals surface area (Å²) in [5, 5.41) is 0. The normalized spacial score (nSPS) is 7.14. The molecule has 0 saturated heterocycles. The zero-order valence-electron chi connectivity index (χ0n) is 4.61. The van der Waals surface area contributed by atoms with Crippen LogP contribution in [-0.2, 0) is 4.79 Å². The van der Waals surface area contributed by atoms with Gasteiger partial charge in [-0.15, -0.1) is 0 Å². The van der Waals surface area contributed by atoms with Crippen LogP contribution in [0.5, 0.6) is 0 Å². The van der Waals surface area contributed by atoms with Crippen molar-refractivity contribution in [2.45, 2.75) is 13.3 Å². The van der Waals surface area contributed by atoms with Gasteiger partial charge in [-0.25, -0.2) is 0 Å². The summed E-state index contributed by atoms with van der Waals surface area (Å²) in [5.41, 5.74) is 5.01. The van der Waals surface area contributed by atoms with Crippen LogP contribution >= 0.6 is 0 Å². The molecule has 0 spiro atoms. The molecule has 0 unspecified atom stereocenters. The van der Waals surface area contributed by atoms with Crippen molar-refractivity contribution >= 4 is 5.78 Å². The van der Waals surface area contributed by atoms with E-state index in [4.69, 9.17) is 5.73 Å². The Kier molecular flexibility index (Phi) is 7.81. The highest BCUT2D eigenvalue weighted by Crippen LogP contribution is 1.71. The molecule has 0 aromatic carbocycles. The fraction of sp³-hybridized carbons (Fsp3) is 0.750. The van der Waals surface area contributed by atoms with Gasteiger partial charge in [-0.3, -0.25) is 4.79 Å². The van der Waals surface area contributed by atoms with E-state index < -0.39 is 0 Å². The van der Waals surface area contributed by atoms with Crippen LogP contribution in [-0.4, -0.2) is 12.3 Å². The highest BCUT2D eigenvalue weighted by atomic mass is 16.1. The number of nitrogens with two attached hydrogens (primary N) is 1. The van der Waals surface area contributed by atoms with Crippen LogP contribution < -0.4 is 11.9 Å². The fourth-order valence-corrected chi connectivity index (χ4v) is 0.203. The lowest BCUT2D eigenvalue weighted by Crippen LogP contribution is -2.03. The highest BCUT2D eigenvalue weighted by Gasteiger charge is 1.83. The van der Waals surface area contributed by atoms with Crippen molar-refractivity contribution in [3.63, 3.8) is 0 Å². The summed E-state index contributed by atoms with van der Waals surface area (Å²) in [6.45, 7) is 2.02. The van der Waals surface area contributed by atoms with Gasteiger partial charge in [0.1, 0.15) is 5.78 Å². The third-order valence-corrected chi connectivity index (χ3v) is 0.496. The third-order valence-electron chi connectivity index (χ3n) is 0.496. The van der Waals surface area contributed by atoms with Crippen LogP contribution in [0.3, 0.4) is 0 Å². The molecule has 0 aliphatic carbocycles. The van der Waals surface area contributed by atoms with E-state index >= 15 is 0 Å². The molecule has 0 bridgehead atoms. The number of carbonyl (C=O) groups is 1. The van der Waals surface area contributed by atoms with Crippen LogP contribution in [0.2, 0.25) is 0 Å². The third kappa shape index (κ3) is 10.7. The van der Waals surface area contributed by atoms with E-state index in [0.29, 0.717) is 13.0 Å². The molecular weight excluding hydrogens is 92.1 g/mol. The number of Topliss-reactive ketones (excluding diaryl/α,β-unsaturated/α-hetero) is 1. The second-order valence-electron chi connectivity index (χ2n) is 1.24. The summed E-state index contributed by atoms with van der Waals surface area (Å²) in [6.07, 6.45) is 0.514. The predicted molar refractivity (Wildman–Crippen MR) is 29.4 cm³/mol. The standard InChI is InChI=1S/C4H9NO.H3N/c1-4(6)2-3-5;/h2-3,5H2,1H3;1H3. The molecule has 7 heavy (non-hydrogen) atoms. The first-order valence-corrected chi connectivity index (χ1v) is 1.97. The molecule has 0 aromatic rings. The van der Waals surface area contributed by atoms with Crippen molar-refractivity contribution in [3.05, 3.63) is 0 Å². The Bertz CT molecular complexity index is 53.7. The maximum Gasteiger partial charge on any atom is 0.131 e. The predicted octanol–water partition coefficient (Wildman–Crippen LogP) is 0.0862. The van der Waals surface area contributed by atoms with Gasteiger partial charge in [0.25, 0.3) is 0 Å². The molecule has 0 fully saturated rings. The quantitative estimate of drug-likeness (QED) is 0.521. The van der Waals surface area contributed by atoms with Gasteiger partial charge in [0.05, 0.1) is 0 Å². The zero-order chi connectivity index (χ0) is 4.99. The van der Waals surface area contributed by atoms with Crippen LogP contribution in [0.15, 0.2) is 0 Å². The van der Waals surface area contributed by atoms with Gasteiger partial charge in [0.15, 0.2) is 0 Å². The van der Waals surface area contributed by atoms with E-state index in [1.165, 1.54) is 6.92 Å². The van der Waals surface area contributed by atoms with Gasteiger partial charge in [-0.2, -0.15) is 0 Å². The number of carbonyl (C=O) groups excluding carboxylic acids is 1. The van der Waals surface area contributed by atoms with E-state index in [1.54, 1.807) is 0 Å². The molecule has 0 heterocycles. The van der Waals surface area contributed by atoms with E-state index in [2.05, 4.69) is 0 Å². The molecule has 0 saturated carbocycles. The van der Waals surface area contributed by atoms with Crippen LogP contribution in [0.1, 0.15) is 13.3 Å². The first-order chi connectivity index (χ1) is 2.77. The number of rotatable bonds is 2. The van der Waals surface area contributed by atoms with Crippen LogP contribution in [0.4, 0.5) is 0 Å². The molecule has 0 aliphatic heterocycles. The second kappa shape index (κ2) is 5.59. The Morgan fingerprint density at radius 2 is 2.14 bits per heavy atom. The Balaban J connectivity index is 0. The molecule has 44 valence electrons. The first kappa shape index (κ1) is 9.77. The summed E-state index contributed by atoms with van der Waals surface area (Å²) < 4.78 is 0. The van der Waals surface area contributed by atoms with Gasteiger partial charge in [-0.1, -0.05) is 0 Å². The summed E-state index contributed by atoms with van der Waals surface area (Å²) in [4.78, 5) is 9.96. The van der Waals surface area contributed by atoms with Crippen LogP contribution in [0.25, 0.3) is 0 Å². The SMILES string of the molecule is CC(=O)CCN.N. The first-order valence-electron chi connectivity index (χ1n) is 1.97. The van der Waals surface area contributed by atoms with Gasteiger partial charge in [0, 0.05) is 6.42 Å². The summed E-state index contributed by atoms with van der Waals surface area (Å²) >= 11 is 0. The topological polar surface area (TPSA) is 78.1 Å². The number of hydrogen-bond acceptors (Lipinski definition) is 3. The molecule has 3 nitrogen and oxygen atoms in total. The smallest absolute Gasteiger partial charge is 0.131 e. The van der Waals surface area contributed by atoms with Crippen molar-refractivity contribution in [2.24, 2.45) is 5.73 Å². The van der Waals surface area contributed by atoms with Crippen molar-refractivity contribution in [1.82, 2.24) is 6.15 Å². The van der Waals surface area contributed by atoms with Crippen molar-refractivity contribution < 1.29 is 4.79 Å². The van der Waals surface area contributed by atoms with Crippen LogP contribution in [0, 0.1) is 0 Å². The fourth-order valence-electron chi connectivity index (χ4n) is 0.203. The van der Waals surface area contributed by atoms with Crippen molar-refractivity contribution in [1.29, 1.82) is 0 Å². The minimum absolute atomic E-state index is 0. The molecule has 0 aromatic heterocycles. The molecule has 5 N–H and O–H groups in total. The number of hydrogen-bond donors (Lipinski definition) is 2. The highest BCUT2D eigenvalue weighted by molar-refractivity contribution is 5.75. The van der Waals surface area contributed by atoms with E-state index in [0.717, 1.165) is 0 Å². The summed E-state index contributed by atoms with van der Waals surface area (Å²) in [7, 11) is 0. The molecule has 0 aliphatic rings. The second-order valence-corrected chi connectivity index (χ2v) is 1.24. The number of ketones is 1. The van der Waals surface area contributed by atoms with E-state index in [9.17, 15) is 4.79 Å². The monoisotopic (exact) mass is 104 g/mol. The average Bonchev–Trinajstić information content (AvgIpc) is 1.35. The van der Waals surface area contributed by atoms with E-state index in [-0.39, 0.29) is 11.9 Å². The molecular formula is C4H12N2O. The maximum atomic E-state index is 9.96. The lowest BCUT2D eigenvalue weighted by molar-refractivity contribution is -0.116. The summed E-state index contributed by atoms with van der Waals surface area (Å²) in [5.74, 6) is 0.164. The molecule has 0 radical (unpaired) electrons. The maximum absolute atomic E-state index is 9.96. The molecule has 0 atom stereocenters. The minimum atomic E-state index is 0. The summed E-state index contributed by atoms with van der Waals surface area (Å²) in [6, 6.07) is 0. The largest absolute Gasteiger partial charge is 0.344 e. The van der Waals surface area contributed by atoms with E-state index in [1.807, 2.05) is 0 Å². The Morgan fingerprint density at radius 3 is 2.14 bits per heavy atom. The molecule has 3 heteroatoms. The van der Waals surface area contributed by atoms with Crippen molar-refractivity contribution in [3.8, 4) is 0 Å². The molecule has 0 amide bonds. The van der Waals surface area contributed by atoms with Gasteiger partial charge >= 0.3 is 0 Å². The Labute approximate surface area is 43.5 Å². The Hall–Kier alpha value is -0.410. The Morgan fingerprint density at radius 1 is 1.71 bits per heavy atom. The zero-order valence-corrected chi connectivity index (χ0v) is 4.61. The van der Waals surface area contributed by atoms with Gasteiger partial charge < -0.3 is 11.9 Å². The lowest BCUT2D eigenvalue weighted by atomic mass is 10.3. The van der Waals surface area contributed by atoms with Gasteiger partial charge in [0.2, 0.25) is 0 Å². The van der Waals surface area contributed by atoms with Gasteiger partial charge in [-0.05, 0) is 13.5 Å². The van der Waals surface area contributed by atoms with Crippen molar-refractivity contribution in [2.75, 3.05) is 6.54 Å². The molecule has 0 rings (SSSR count). The lowest BCUT2D eigenvalue weighted by Gasteiger charge is -1.81. The minimum Gasteiger partial charge on any atom is -0.344 e. The average molecular weight is 104 g/mol.